The zero-order chi connectivity index (χ0) is 9.23. The van der Waals surface area contributed by atoms with Gasteiger partial charge in [-0.15, -0.1) is 5.92 Å². The minimum absolute atomic E-state index is 0.0651. The second-order valence-corrected chi connectivity index (χ2v) is 1.92. The second kappa shape index (κ2) is 8.50. The van der Waals surface area contributed by atoms with Crippen LogP contribution in [0.2, 0.25) is 0 Å². The molecule has 0 atom stereocenters. The number of aliphatic hydroxyl groups excluding tert-OH is 2. The average molecular weight is 174 g/mol. The van der Waals surface area contributed by atoms with Crippen LogP contribution >= 0.6 is 0 Å². The summed E-state index contributed by atoms with van der Waals surface area (Å²) in [6, 6.07) is 0. The molecule has 70 valence electrons. The van der Waals surface area contributed by atoms with Crippen LogP contribution in [0, 0.1) is 11.8 Å². The van der Waals surface area contributed by atoms with Gasteiger partial charge in [0.2, 0.25) is 6.29 Å². The lowest BCUT2D eigenvalue weighted by atomic mass is 10.5. The summed E-state index contributed by atoms with van der Waals surface area (Å²) in [7, 11) is 0. The van der Waals surface area contributed by atoms with Crippen molar-refractivity contribution in [3.8, 4) is 11.8 Å². The van der Waals surface area contributed by atoms with Gasteiger partial charge < -0.3 is 19.7 Å². The molecule has 0 aliphatic rings. The summed E-state index contributed by atoms with van der Waals surface area (Å²) >= 11 is 0. The van der Waals surface area contributed by atoms with E-state index in [0.717, 1.165) is 0 Å². The summed E-state index contributed by atoms with van der Waals surface area (Å²) in [6.45, 7) is 1.90. The van der Waals surface area contributed by atoms with Crippen molar-refractivity contribution in [2.45, 2.75) is 13.2 Å². The van der Waals surface area contributed by atoms with Crippen LogP contribution in [0.1, 0.15) is 6.92 Å². The standard InChI is InChI=1S/C8H14O4/c1-2-3-8(11-6-4-9)12-7-5-10/h8-10H,4-7H2,1H3. The van der Waals surface area contributed by atoms with Gasteiger partial charge in [0, 0.05) is 0 Å². The number of rotatable bonds is 6. The Morgan fingerprint density at radius 3 is 2.00 bits per heavy atom. The van der Waals surface area contributed by atoms with Gasteiger partial charge >= 0.3 is 0 Å². The summed E-state index contributed by atoms with van der Waals surface area (Å²) < 4.78 is 9.95. The van der Waals surface area contributed by atoms with Crippen molar-refractivity contribution in [3.63, 3.8) is 0 Å². The van der Waals surface area contributed by atoms with Crippen molar-refractivity contribution >= 4 is 0 Å². The molecule has 0 saturated heterocycles. The molecule has 0 spiro atoms. The lowest BCUT2D eigenvalue weighted by Gasteiger charge is -2.10. The maximum Gasteiger partial charge on any atom is 0.222 e. The second-order valence-electron chi connectivity index (χ2n) is 1.92. The first-order valence-corrected chi connectivity index (χ1v) is 3.72. The monoisotopic (exact) mass is 174 g/mol. The SMILES string of the molecule is CC#CC(OCCO)OCCO. The van der Waals surface area contributed by atoms with E-state index < -0.39 is 6.29 Å². The number of hydrogen-bond acceptors (Lipinski definition) is 4. The van der Waals surface area contributed by atoms with Crippen LogP contribution in [0.3, 0.4) is 0 Å². The van der Waals surface area contributed by atoms with E-state index in [2.05, 4.69) is 11.8 Å². The fourth-order valence-corrected chi connectivity index (χ4v) is 0.569. The van der Waals surface area contributed by atoms with E-state index in [-0.39, 0.29) is 26.4 Å². The van der Waals surface area contributed by atoms with Crippen LogP contribution < -0.4 is 0 Å². The molecule has 0 saturated carbocycles. The molecule has 0 rings (SSSR count). The van der Waals surface area contributed by atoms with Crippen LogP contribution in [0.25, 0.3) is 0 Å². The number of aliphatic hydroxyl groups is 2. The highest BCUT2D eigenvalue weighted by Gasteiger charge is 2.03. The normalized spacial score (nSPS) is 9.67. The summed E-state index contributed by atoms with van der Waals surface area (Å²) in [6.07, 6.45) is -0.644. The molecule has 0 aromatic rings. The van der Waals surface area contributed by atoms with Crippen LogP contribution in [0.15, 0.2) is 0 Å². The fraction of sp³-hybridized carbons (Fsp3) is 0.750. The van der Waals surface area contributed by atoms with Crippen LogP contribution in [-0.4, -0.2) is 42.9 Å². The molecule has 0 aliphatic heterocycles. The minimum atomic E-state index is -0.644. The highest BCUT2D eigenvalue weighted by molar-refractivity contribution is 4.98. The average Bonchev–Trinajstić information content (AvgIpc) is 2.10. The maximum atomic E-state index is 8.43. The molecule has 4 heteroatoms. The van der Waals surface area contributed by atoms with Gasteiger partial charge in [-0.1, -0.05) is 0 Å². The highest BCUT2D eigenvalue weighted by Crippen LogP contribution is 1.92. The first-order valence-electron chi connectivity index (χ1n) is 3.72. The van der Waals surface area contributed by atoms with E-state index in [9.17, 15) is 0 Å². The van der Waals surface area contributed by atoms with E-state index in [1.54, 1.807) is 6.92 Å². The summed E-state index contributed by atoms with van der Waals surface area (Å²) in [5.74, 6) is 5.26. The smallest absolute Gasteiger partial charge is 0.222 e. The van der Waals surface area contributed by atoms with Crippen molar-refractivity contribution in [2.24, 2.45) is 0 Å². The first kappa shape index (κ1) is 11.4. The van der Waals surface area contributed by atoms with Gasteiger partial charge in [0.05, 0.1) is 26.4 Å². The molecular weight excluding hydrogens is 160 g/mol. The largest absolute Gasteiger partial charge is 0.394 e. The van der Waals surface area contributed by atoms with Crippen molar-refractivity contribution in [1.29, 1.82) is 0 Å². The van der Waals surface area contributed by atoms with Gasteiger partial charge in [-0.2, -0.15) is 0 Å². The molecule has 0 aromatic heterocycles. The summed E-state index contributed by atoms with van der Waals surface area (Å²) in [5, 5.41) is 16.9. The van der Waals surface area contributed by atoms with Gasteiger partial charge in [0.1, 0.15) is 0 Å². The van der Waals surface area contributed by atoms with Crippen molar-refractivity contribution in [1.82, 2.24) is 0 Å². The topological polar surface area (TPSA) is 58.9 Å². The molecule has 0 radical (unpaired) electrons. The predicted octanol–water partition coefficient (Wildman–Crippen LogP) is -0.646. The van der Waals surface area contributed by atoms with E-state index in [1.807, 2.05) is 0 Å². The minimum Gasteiger partial charge on any atom is -0.394 e. The third-order valence-electron chi connectivity index (χ3n) is 0.983. The van der Waals surface area contributed by atoms with Gasteiger partial charge in [-0.05, 0) is 12.8 Å². The highest BCUT2D eigenvalue weighted by atomic mass is 16.7. The molecule has 0 fully saturated rings. The third kappa shape index (κ3) is 6.13. The van der Waals surface area contributed by atoms with Gasteiger partial charge in [-0.25, -0.2) is 0 Å². The Morgan fingerprint density at radius 2 is 1.67 bits per heavy atom. The molecular formula is C8H14O4. The van der Waals surface area contributed by atoms with Crippen molar-refractivity contribution in [3.05, 3.63) is 0 Å². The van der Waals surface area contributed by atoms with E-state index in [1.165, 1.54) is 0 Å². The van der Waals surface area contributed by atoms with Gasteiger partial charge in [0.15, 0.2) is 0 Å². The summed E-state index contributed by atoms with van der Waals surface area (Å²) in [5.41, 5.74) is 0. The number of ether oxygens (including phenoxy) is 2. The third-order valence-corrected chi connectivity index (χ3v) is 0.983. The lowest BCUT2D eigenvalue weighted by molar-refractivity contribution is -0.117. The van der Waals surface area contributed by atoms with Crippen molar-refractivity contribution < 1.29 is 19.7 Å². The van der Waals surface area contributed by atoms with Crippen LogP contribution in [-0.2, 0) is 9.47 Å². The Morgan fingerprint density at radius 1 is 1.17 bits per heavy atom. The lowest BCUT2D eigenvalue weighted by Crippen LogP contribution is -2.19. The molecule has 0 amide bonds. The molecule has 0 unspecified atom stereocenters. The summed E-state index contributed by atoms with van der Waals surface area (Å²) in [4.78, 5) is 0. The van der Waals surface area contributed by atoms with E-state index >= 15 is 0 Å². The quantitative estimate of drug-likeness (QED) is 0.415. The van der Waals surface area contributed by atoms with Gasteiger partial charge in [0.25, 0.3) is 0 Å². The maximum absolute atomic E-state index is 8.43. The van der Waals surface area contributed by atoms with Gasteiger partial charge in [-0.3, -0.25) is 0 Å². The molecule has 4 nitrogen and oxygen atoms in total. The van der Waals surface area contributed by atoms with E-state index in [0.29, 0.717) is 0 Å². The fourth-order valence-electron chi connectivity index (χ4n) is 0.569. The Labute approximate surface area is 72.1 Å². The first-order chi connectivity index (χ1) is 5.85. The Bertz CT molecular complexity index is 139. The molecule has 0 aromatic carbocycles. The predicted molar refractivity (Wildman–Crippen MR) is 43.3 cm³/mol. The van der Waals surface area contributed by atoms with Crippen LogP contribution in [0.5, 0.6) is 0 Å². The molecule has 2 N–H and O–H groups in total. The van der Waals surface area contributed by atoms with Crippen molar-refractivity contribution in [2.75, 3.05) is 26.4 Å². The Balaban J connectivity index is 3.59. The molecule has 12 heavy (non-hydrogen) atoms. The Kier molecular flexibility index (Phi) is 8.07. The zero-order valence-electron chi connectivity index (χ0n) is 7.12. The Hall–Kier alpha value is -0.600. The molecule has 0 bridgehead atoms. The van der Waals surface area contributed by atoms with E-state index in [4.69, 9.17) is 19.7 Å². The zero-order valence-corrected chi connectivity index (χ0v) is 7.12. The number of hydrogen-bond donors (Lipinski definition) is 2. The molecule has 0 heterocycles. The van der Waals surface area contributed by atoms with Crippen LogP contribution in [0.4, 0.5) is 0 Å². The molecule has 0 aliphatic carbocycles.